The zero-order valence-corrected chi connectivity index (χ0v) is 10.4. The molecule has 0 unspecified atom stereocenters. The second-order valence-corrected chi connectivity index (χ2v) is 4.63. The van der Waals surface area contributed by atoms with Crippen LogP contribution >= 0.6 is 0 Å². The predicted molar refractivity (Wildman–Crippen MR) is 69.8 cm³/mol. The van der Waals surface area contributed by atoms with Crippen molar-refractivity contribution in [1.29, 1.82) is 0 Å². The van der Waals surface area contributed by atoms with E-state index in [1.54, 1.807) is 6.08 Å². The molecule has 1 aliphatic carbocycles. The summed E-state index contributed by atoms with van der Waals surface area (Å²) in [5, 5.41) is 0. The third-order valence-electron chi connectivity index (χ3n) is 3.04. The lowest BCUT2D eigenvalue weighted by Crippen LogP contribution is -2.05. The summed E-state index contributed by atoms with van der Waals surface area (Å²) in [6.07, 6.45) is 10.8. The van der Waals surface area contributed by atoms with Gasteiger partial charge in [0.15, 0.2) is 0 Å². The molecule has 0 aromatic heterocycles. The Bertz CT molecular complexity index is 363. The third kappa shape index (κ3) is 3.42. The molecule has 92 valence electrons. The van der Waals surface area contributed by atoms with E-state index in [0.717, 1.165) is 13.2 Å². The maximum atomic E-state index is 5.52. The van der Waals surface area contributed by atoms with Crippen molar-refractivity contribution in [2.75, 3.05) is 26.4 Å². The second kappa shape index (κ2) is 5.99. The van der Waals surface area contributed by atoms with Crippen molar-refractivity contribution < 1.29 is 9.47 Å². The average Bonchev–Trinajstić information content (AvgIpc) is 2.71. The van der Waals surface area contributed by atoms with E-state index in [1.807, 2.05) is 0 Å². The van der Waals surface area contributed by atoms with E-state index in [1.165, 1.54) is 11.1 Å². The van der Waals surface area contributed by atoms with Gasteiger partial charge in [0.1, 0.15) is 0 Å². The molecule has 0 spiro atoms. The van der Waals surface area contributed by atoms with Crippen LogP contribution < -0.4 is 0 Å². The first-order chi connectivity index (χ1) is 8.29. The van der Waals surface area contributed by atoms with Crippen LogP contribution in [0.1, 0.15) is 6.92 Å². The first kappa shape index (κ1) is 12.3. The Balaban J connectivity index is 2.11. The van der Waals surface area contributed by atoms with Gasteiger partial charge in [0.25, 0.3) is 0 Å². The monoisotopic (exact) mass is 232 g/mol. The van der Waals surface area contributed by atoms with Gasteiger partial charge < -0.3 is 9.47 Å². The molecule has 1 aliphatic heterocycles. The topological polar surface area (TPSA) is 18.5 Å². The Morgan fingerprint density at radius 2 is 2.41 bits per heavy atom. The fraction of sp³-hybridized carbons (Fsp3) is 0.467. The molecular weight excluding hydrogens is 212 g/mol. The number of allylic oxidation sites excluding steroid dienone is 2. The Hall–Kier alpha value is -1.12. The highest BCUT2D eigenvalue weighted by Crippen LogP contribution is 2.26. The SMILES string of the molecule is C=CCOCC1=C/[C@H](C)C=C[C@@H]2COC\C2=C\1. The quantitative estimate of drug-likeness (QED) is 0.548. The summed E-state index contributed by atoms with van der Waals surface area (Å²) in [6, 6.07) is 0. The van der Waals surface area contributed by atoms with E-state index in [2.05, 4.69) is 37.8 Å². The number of fused-ring (bicyclic) bond motifs is 1. The van der Waals surface area contributed by atoms with Gasteiger partial charge in [-0.1, -0.05) is 37.3 Å². The van der Waals surface area contributed by atoms with Crippen molar-refractivity contribution in [3.05, 3.63) is 48.1 Å². The van der Waals surface area contributed by atoms with E-state index < -0.39 is 0 Å². The van der Waals surface area contributed by atoms with Gasteiger partial charge in [0.05, 0.1) is 26.4 Å². The van der Waals surface area contributed by atoms with Gasteiger partial charge in [-0.25, -0.2) is 0 Å². The van der Waals surface area contributed by atoms with Crippen LogP contribution in [0.2, 0.25) is 0 Å². The van der Waals surface area contributed by atoms with E-state index in [0.29, 0.717) is 25.0 Å². The molecule has 17 heavy (non-hydrogen) atoms. The van der Waals surface area contributed by atoms with E-state index >= 15 is 0 Å². The van der Waals surface area contributed by atoms with Crippen LogP contribution in [0.4, 0.5) is 0 Å². The fourth-order valence-electron chi connectivity index (χ4n) is 2.18. The molecule has 0 bridgehead atoms. The Morgan fingerprint density at radius 3 is 3.24 bits per heavy atom. The molecule has 1 heterocycles. The van der Waals surface area contributed by atoms with Gasteiger partial charge in [-0.15, -0.1) is 6.58 Å². The molecule has 1 saturated heterocycles. The molecule has 2 aliphatic rings. The van der Waals surface area contributed by atoms with Gasteiger partial charge >= 0.3 is 0 Å². The summed E-state index contributed by atoms with van der Waals surface area (Å²) in [5.74, 6) is 0.913. The highest BCUT2D eigenvalue weighted by molar-refractivity contribution is 5.32. The van der Waals surface area contributed by atoms with Crippen LogP contribution in [-0.2, 0) is 9.47 Å². The van der Waals surface area contributed by atoms with Crippen LogP contribution in [0.15, 0.2) is 48.1 Å². The third-order valence-corrected chi connectivity index (χ3v) is 3.04. The molecule has 0 radical (unpaired) electrons. The first-order valence-electron chi connectivity index (χ1n) is 6.15. The molecule has 2 atom stereocenters. The number of hydrogen-bond acceptors (Lipinski definition) is 2. The molecular formula is C15H20O2. The zero-order valence-electron chi connectivity index (χ0n) is 10.4. The van der Waals surface area contributed by atoms with Gasteiger partial charge in [-0.05, 0) is 17.1 Å². The second-order valence-electron chi connectivity index (χ2n) is 4.63. The highest BCUT2D eigenvalue weighted by Gasteiger charge is 2.20. The lowest BCUT2D eigenvalue weighted by atomic mass is 9.94. The number of ether oxygens (including phenoxy) is 2. The average molecular weight is 232 g/mol. The van der Waals surface area contributed by atoms with Gasteiger partial charge in [0, 0.05) is 5.92 Å². The first-order valence-corrected chi connectivity index (χ1v) is 6.15. The molecule has 2 rings (SSSR count). The Morgan fingerprint density at radius 1 is 1.53 bits per heavy atom. The largest absolute Gasteiger partial charge is 0.376 e. The molecule has 0 aromatic rings. The summed E-state index contributed by atoms with van der Waals surface area (Å²) in [7, 11) is 0. The lowest BCUT2D eigenvalue weighted by Gasteiger charge is -2.13. The van der Waals surface area contributed by atoms with Crippen molar-refractivity contribution in [3.63, 3.8) is 0 Å². The minimum absolute atomic E-state index is 0.454. The maximum Gasteiger partial charge on any atom is 0.0718 e. The van der Waals surface area contributed by atoms with E-state index in [9.17, 15) is 0 Å². The van der Waals surface area contributed by atoms with Crippen LogP contribution in [0.25, 0.3) is 0 Å². The molecule has 0 amide bonds. The van der Waals surface area contributed by atoms with Crippen LogP contribution in [0, 0.1) is 11.8 Å². The number of hydrogen-bond donors (Lipinski definition) is 0. The van der Waals surface area contributed by atoms with E-state index in [4.69, 9.17) is 9.47 Å². The molecule has 0 aromatic carbocycles. The Labute approximate surface area is 103 Å². The molecule has 0 N–H and O–H groups in total. The van der Waals surface area contributed by atoms with E-state index in [-0.39, 0.29) is 0 Å². The summed E-state index contributed by atoms with van der Waals surface area (Å²) < 4.78 is 11.0. The Kier molecular flexibility index (Phi) is 4.35. The maximum absolute atomic E-state index is 5.52. The van der Waals surface area contributed by atoms with Crippen molar-refractivity contribution in [3.8, 4) is 0 Å². The fourth-order valence-corrected chi connectivity index (χ4v) is 2.18. The van der Waals surface area contributed by atoms with Crippen molar-refractivity contribution in [1.82, 2.24) is 0 Å². The van der Waals surface area contributed by atoms with Crippen molar-refractivity contribution >= 4 is 0 Å². The van der Waals surface area contributed by atoms with Crippen LogP contribution in [0.5, 0.6) is 0 Å². The standard InChI is InChI=1S/C15H20O2/c1-3-6-16-9-13-7-12(2)4-5-14-10-17-11-15(14)8-13/h3-5,7-8,12,14H,1,6,9-11H2,2H3/b5-4?,13-7+,15-8-/t12-,14-/m1/s1. The zero-order chi connectivity index (χ0) is 12.1. The molecule has 2 heteroatoms. The molecule has 2 nitrogen and oxygen atoms in total. The summed E-state index contributed by atoms with van der Waals surface area (Å²) in [4.78, 5) is 0. The van der Waals surface area contributed by atoms with Crippen LogP contribution in [-0.4, -0.2) is 26.4 Å². The molecule has 1 fully saturated rings. The van der Waals surface area contributed by atoms with Crippen molar-refractivity contribution in [2.45, 2.75) is 6.92 Å². The van der Waals surface area contributed by atoms with Gasteiger partial charge in [-0.3, -0.25) is 0 Å². The van der Waals surface area contributed by atoms with Gasteiger partial charge in [-0.2, -0.15) is 0 Å². The predicted octanol–water partition coefficient (Wildman–Crippen LogP) is 2.89. The molecule has 0 saturated carbocycles. The van der Waals surface area contributed by atoms with Crippen LogP contribution in [0.3, 0.4) is 0 Å². The minimum atomic E-state index is 0.454. The summed E-state index contributed by atoms with van der Waals surface area (Å²) in [6.45, 7) is 8.67. The number of rotatable bonds is 4. The van der Waals surface area contributed by atoms with Crippen molar-refractivity contribution in [2.24, 2.45) is 11.8 Å². The summed E-state index contributed by atoms with van der Waals surface area (Å²) >= 11 is 0. The normalized spacial score (nSPS) is 33.9. The highest BCUT2D eigenvalue weighted by atomic mass is 16.5. The van der Waals surface area contributed by atoms with Gasteiger partial charge in [0.2, 0.25) is 0 Å². The summed E-state index contributed by atoms with van der Waals surface area (Å²) in [5.41, 5.74) is 2.61. The smallest absolute Gasteiger partial charge is 0.0718 e. The minimum Gasteiger partial charge on any atom is -0.376 e. The lowest BCUT2D eigenvalue weighted by molar-refractivity contribution is 0.188.